The average Bonchev–Trinajstić information content (AvgIpc) is 2.03. The van der Waals surface area contributed by atoms with Crippen molar-refractivity contribution in [2.75, 3.05) is 0 Å². The van der Waals surface area contributed by atoms with Crippen molar-refractivity contribution in [2.45, 2.75) is 26.2 Å². The van der Waals surface area contributed by atoms with Crippen LogP contribution in [-0.2, 0) is 23.9 Å². The summed E-state index contributed by atoms with van der Waals surface area (Å²) in [5.41, 5.74) is 3.86. The van der Waals surface area contributed by atoms with Gasteiger partial charge in [-0.05, 0) is 26.2 Å². The van der Waals surface area contributed by atoms with E-state index in [0.29, 0.717) is 0 Å². The molecule has 0 spiro atoms. The molecule has 0 atom stereocenters. The van der Waals surface area contributed by atoms with E-state index in [9.17, 15) is 0 Å². The van der Waals surface area contributed by atoms with Crippen LogP contribution in [0.5, 0.6) is 0 Å². The molecule has 0 heterocycles. The Balaban J connectivity index is 0. The van der Waals surface area contributed by atoms with Gasteiger partial charge in [0.25, 0.3) is 0 Å². The SMILES string of the molecule is C=C[Si](C)(C=C)O[Si](C)(C)C.C=[CH][Pt]. The van der Waals surface area contributed by atoms with E-state index in [-0.39, 0.29) is 0 Å². The molecule has 0 aromatic rings. The third-order valence-corrected chi connectivity index (χ3v) is 7.17. The van der Waals surface area contributed by atoms with Gasteiger partial charge in [0.15, 0.2) is 8.32 Å². The first-order valence-electron chi connectivity index (χ1n) is 4.39. The Labute approximate surface area is 102 Å². The molecule has 0 bridgehead atoms. The van der Waals surface area contributed by atoms with Gasteiger partial charge in [0.1, 0.15) is 0 Å². The Hall–Kier alpha value is 0.302. The van der Waals surface area contributed by atoms with Crippen LogP contribution < -0.4 is 0 Å². The Kier molecular flexibility index (Phi) is 9.05. The van der Waals surface area contributed by atoms with Gasteiger partial charge >= 0.3 is 30.9 Å². The van der Waals surface area contributed by atoms with Crippen molar-refractivity contribution in [1.82, 2.24) is 0 Å². The summed E-state index contributed by atoms with van der Waals surface area (Å²) in [5, 5.41) is 0. The van der Waals surface area contributed by atoms with Crippen molar-refractivity contribution < 1.29 is 23.9 Å². The summed E-state index contributed by atoms with van der Waals surface area (Å²) < 4.78 is 7.69. The van der Waals surface area contributed by atoms with E-state index in [1.807, 2.05) is 31.2 Å². The van der Waals surface area contributed by atoms with E-state index in [1.165, 1.54) is 0 Å². The fourth-order valence-electron chi connectivity index (χ4n) is 0.826. The molecule has 14 heavy (non-hydrogen) atoms. The van der Waals surface area contributed by atoms with Gasteiger partial charge in [0.2, 0.25) is 8.32 Å². The minimum absolute atomic E-state index is 1.42. The van der Waals surface area contributed by atoms with E-state index in [2.05, 4.69) is 45.9 Å². The maximum absolute atomic E-state index is 5.97. The molecular formula is C10H21OPtSi2. The Morgan fingerprint density at radius 2 is 1.29 bits per heavy atom. The van der Waals surface area contributed by atoms with Crippen LogP contribution in [0.3, 0.4) is 0 Å². The van der Waals surface area contributed by atoms with Gasteiger partial charge in [-0.1, -0.05) is 11.4 Å². The Morgan fingerprint density at radius 3 is 1.36 bits per heavy atom. The molecule has 0 aromatic heterocycles. The predicted octanol–water partition coefficient (Wildman–Crippen LogP) is 3.54. The van der Waals surface area contributed by atoms with Crippen molar-refractivity contribution in [2.24, 2.45) is 0 Å². The molecule has 85 valence electrons. The summed E-state index contributed by atoms with van der Waals surface area (Å²) in [4.78, 5) is 0. The summed E-state index contributed by atoms with van der Waals surface area (Å²) >= 11 is 2.04. The van der Waals surface area contributed by atoms with E-state index in [0.717, 1.165) is 0 Å². The van der Waals surface area contributed by atoms with E-state index in [1.54, 1.807) is 4.47 Å². The normalized spacial score (nSPS) is 11.0. The summed E-state index contributed by atoms with van der Waals surface area (Å²) in [6.45, 7) is 19.6. The second kappa shape index (κ2) is 7.58. The molecule has 0 aliphatic rings. The Bertz CT molecular complexity index is 189. The maximum atomic E-state index is 5.97. The number of rotatable bonds is 4. The zero-order chi connectivity index (χ0) is 11.8. The third kappa shape index (κ3) is 10.4. The van der Waals surface area contributed by atoms with Crippen molar-refractivity contribution >= 4 is 16.6 Å². The predicted molar refractivity (Wildman–Crippen MR) is 66.6 cm³/mol. The van der Waals surface area contributed by atoms with Crippen LogP contribution in [0.25, 0.3) is 0 Å². The zero-order valence-corrected chi connectivity index (χ0v) is 13.9. The average molecular weight is 409 g/mol. The molecule has 1 nitrogen and oxygen atoms in total. The summed E-state index contributed by atoms with van der Waals surface area (Å²) in [6, 6.07) is 0. The second-order valence-corrected chi connectivity index (χ2v) is 13.1. The zero-order valence-electron chi connectivity index (χ0n) is 9.58. The van der Waals surface area contributed by atoms with Crippen molar-refractivity contribution in [3.8, 4) is 0 Å². The van der Waals surface area contributed by atoms with Gasteiger partial charge < -0.3 is 4.12 Å². The van der Waals surface area contributed by atoms with Crippen molar-refractivity contribution in [3.05, 3.63) is 35.6 Å². The van der Waals surface area contributed by atoms with Crippen LogP contribution >= 0.6 is 0 Å². The molecule has 0 radical (unpaired) electrons. The summed E-state index contributed by atoms with van der Waals surface area (Å²) in [7, 11) is -3.16. The monoisotopic (exact) mass is 408 g/mol. The minimum atomic E-state index is -1.74. The molecule has 0 saturated carbocycles. The van der Waals surface area contributed by atoms with Gasteiger partial charge in [-0.3, -0.25) is 0 Å². The van der Waals surface area contributed by atoms with Crippen LogP contribution in [0.1, 0.15) is 0 Å². The molecule has 0 unspecified atom stereocenters. The van der Waals surface area contributed by atoms with Crippen molar-refractivity contribution in [1.29, 1.82) is 0 Å². The molecule has 0 saturated heterocycles. The Morgan fingerprint density at radius 1 is 1.00 bits per heavy atom. The fraction of sp³-hybridized carbons (Fsp3) is 0.400. The number of hydrogen-bond acceptors (Lipinski definition) is 1. The number of hydrogen-bond donors (Lipinski definition) is 0. The second-order valence-electron chi connectivity index (χ2n) is 3.94. The molecule has 0 aromatic carbocycles. The molecule has 0 N–H and O–H groups in total. The molecule has 4 heteroatoms. The first kappa shape index (κ1) is 16.7. The molecule has 0 aliphatic carbocycles. The summed E-state index contributed by atoms with van der Waals surface area (Å²) in [5.74, 6) is 0. The quantitative estimate of drug-likeness (QED) is 0.647. The van der Waals surface area contributed by atoms with Gasteiger partial charge in [0.05, 0.1) is 0 Å². The summed E-state index contributed by atoms with van der Waals surface area (Å²) in [6.07, 6.45) is 0. The molecular weight excluding hydrogens is 387 g/mol. The first-order chi connectivity index (χ1) is 6.24. The first-order valence-corrected chi connectivity index (χ1v) is 11.7. The van der Waals surface area contributed by atoms with Crippen LogP contribution in [0, 0.1) is 0 Å². The standard InChI is InChI=1S/C8H18OSi2.C2H3.Pt/c1-7-11(6,8-2)9-10(3,4)5;1-2;/h7-8H,1-2H2,3-6H3;1H,2H2;. The molecule has 0 rings (SSSR count). The van der Waals surface area contributed by atoms with Crippen LogP contribution in [-0.4, -0.2) is 16.6 Å². The topological polar surface area (TPSA) is 9.23 Å². The van der Waals surface area contributed by atoms with Crippen LogP contribution in [0.15, 0.2) is 35.6 Å². The van der Waals surface area contributed by atoms with Crippen molar-refractivity contribution in [3.63, 3.8) is 0 Å². The molecule has 0 amide bonds. The van der Waals surface area contributed by atoms with E-state index in [4.69, 9.17) is 4.12 Å². The van der Waals surface area contributed by atoms with E-state index >= 15 is 0 Å². The van der Waals surface area contributed by atoms with E-state index < -0.39 is 16.6 Å². The van der Waals surface area contributed by atoms with Gasteiger partial charge in [-0.2, -0.15) is 0 Å². The molecule has 0 aliphatic heterocycles. The van der Waals surface area contributed by atoms with Gasteiger partial charge in [0, 0.05) is 0 Å². The molecule has 0 fully saturated rings. The third-order valence-electron chi connectivity index (χ3n) is 1.34. The fourth-order valence-corrected chi connectivity index (χ4v) is 6.94. The van der Waals surface area contributed by atoms with Crippen LogP contribution in [0.4, 0.5) is 0 Å². The van der Waals surface area contributed by atoms with Gasteiger partial charge in [-0.25, -0.2) is 0 Å². The van der Waals surface area contributed by atoms with Crippen LogP contribution in [0.2, 0.25) is 26.2 Å². The van der Waals surface area contributed by atoms with Gasteiger partial charge in [-0.15, -0.1) is 13.2 Å².